The van der Waals surface area contributed by atoms with Crippen molar-refractivity contribution in [3.8, 4) is 0 Å². The Bertz CT molecular complexity index is 535. The van der Waals surface area contributed by atoms with Crippen LogP contribution in [-0.4, -0.2) is 18.1 Å². The maximum absolute atomic E-state index is 11.3. The lowest BCUT2D eigenvalue weighted by atomic mass is 10.2. The number of hydrogen-bond donors (Lipinski definition) is 0. The molecule has 0 spiro atoms. The molecule has 0 bridgehead atoms. The van der Waals surface area contributed by atoms with E-state index < -0.39 is 0 Å². The highest BCUT2D eigenvalue weighted by atomic mass is 32.2. The van der Waals surface area contributed by atoms with E-state index in [4.69, 9.17) is 0 Å². The summed E-state index contributed by atoms with van der Waals surface area (Å²) in [5.41, 5.74) is 1.69. The van der Waals surface area contributed by atoms with Crippen molar-refractivity contribution in [1.82, 2.24) is 4.98 Å². The Morgan fingerprint density at radius 2 is 1.89 bits per heavy atom. The predicted molar refractivity (Wildman–Crippen MR) is 70.9 cm³/mol. The van der Waals surface area contributed by atoms with Crippen molar-refractivity contribution in [3.05, 3.63) is 53.7 Å². The van der Waals surface area contributed by atoms with Crippen molar-refractivity contribution in [2.24, 2.45) is 0 Å². The van der Waals surface area contributed by atoms with Gasteiger partial charge in [0, 0.05) is 11.1 Å². The molecule has 0 amide bonds. The minimum absolute atomic E-state index is 0.319. The second-order valence-corrected chi connectivity index (χ2v) is 4.89. The fourth-order valence-electron chi connectivity index (χ4n) is 1.41. The van der Waals surface area contributed by atoms with Crippen LogP contribution in [-0.2, 0) is 4.74 Å². The highest BCUT2D eigenvalue weighted by molar-refractivity contribution is 7.99. The minimum atomic E-state index is -0.319. The first-order valence-electron chi connectivity index (χ1n) is 5.48. The van der Waals surface area contributed by atoms with Gasteiger partial charge in [0.05, 0.1) is 12.7 Å². The normalized spacial score (nSPS) is 10.1. The summed E-state index contributed by atoms with van der Waals surface area (Å²) in [5.74, 6) is -0.319. The predicted octanol–water partition coefficient (Wildman–Crippen LogP) is 3.33. The number of ether oxygens (including phenoxy) is 1. The standard InChI is InChI=1S/C14H13NO2S/c1-10-3-8-13(15-9-10)18-12-6-4-11(5-7-12)14(16)17-2/h3-9H,1-2H3. The average molecular weight is 259 g/mol. The lowest BCUT2D eigenvalue weighted by Gasteiger charge is -2.03. The Morgan fingerprint density at radius 3 is 2.44 bits per heavy atom. The fraction of sp³-hybridized carbons (Fsp3) is 0.143. The van der Waals surface area contributed by atoms with Crippen LogP contribution in [0.25, 0.3) is 0 Å². The van der Waals surface area contributed by atoms with Gasteiger partial charge in [-0.15, -0.1) is 0 Å². The van der Waals surface area contributed by atoms with Gasteiger partial charge < -0.3 is 4.74 Å². The maximum atomic E-state index is 11.3. The van der Waals surface area contributed by atoms with E-state index in [-0.39, 0.29) is 5.97 Å². The van der Waals surface area contributed by atoms with E-state index in [2.05, 4.69) is 9.72 Å². The topological polar surface area (TPSA) is 39.2 Å². The van der Waals surface area contributed by atoms with Crippen LogP contribution in [0.15, 0.2) is 52.5 Å². The van der Waals surface area contributed by atoms with Gasteiger partial charge in [0.25, 0.3) is 0 Å². The fourth-order valence-corrected chi connectivity index (χ4v) is 2.17. The molecule has 0 aliphatic rings. The summed E-state index contributed by atoms with van der Waals surface area (Å²) < 4.78 is 4.65. The van der Waals surface area contributed by atoms with Crippen LogP contribution >= 0.6 is 11.8 Å². The van der Waals surface area contributed by atoms with Crippen LogP contribution in [0.2, 0.25) is 0 Å². The van der Waals surface area contributed by atoms with E-state index in [0.29, 0.717) is 5.56 Å². The molecule has 4 heteroatoms. The molecule has 2 aromatic rings. The zero-order valence-electron chi connectivity index (χ0n) is 10.2. The van der Waals surface area contributed by atoms with Gasteiger partial charge in [-0.25, -0.2) is 9.78 Å². The number of aromatic nitrogens is 1. The molecule has 0 aliphatic heterocycles. The average Bonchev–Trinajstić information content (AvgIpc) is 2.41. The summed E-state index contributed by atoms with van der Waals surface area (Å²) in [5, 5.41) is 0.936. The summed E-state index contributed by atoms with van der Waals surface area (Å²) in [6.07, 6.45) is 1.84. The van der Waals surface area contributed by atoms with Gasteiger partial charge in [0.2, 0.25) is 0 Å². The molecule has 92 valence electrons. The highest BCUT2D eigenvalue weighted by Crippen LogP contribution is 2.26. The molecule has 0 saturated carbocycles. The van der Waals surface area contributed by atoms with Crippen molar-refractivity contribution in [2.45, 2.75) is 16.8 Å². The van der Waals surface area contributed by atoms with Crippen LogP contribution in [0.4, 0.5) is 0 Å². The number of pyridine rings is 1. The number of methoxy groups -OCH3 is 1. The second-order valence-electron chi connectivity index (χ2n) is 3.79. The largest absolute Gasteiger partial charge is 0.465 e. The van der Waals surface area contributed by atoms with Crippen LogP contribution in [0.1, 0.15) is 15.9 Å². The van der Waals surface area contributed by atoms with E-state index >= 15 is 0 Å². The highest BCUT2D eigenvalue weighted by Gasteiger charge is 2.05. The zero-order chi connectivity index (χ0) is 13.0. The summed E-state index contributed by atoms with van der Waals surface area (Å²) in [7, 11) is 1.38. The Balaban J connectivity index is 2.10. The third-order valence-electron chi connectivity index (χ3n) is 2.38. The number of rotatable bonds is 3. The Morgan fingerprint density at radius 1 is 1.17 bits per heavy atom. The summed E-state index contributed by atoms with van der Waals surface area (Å²) in [4.78, 5) is 16.6. The third-order valence-corrected chi connectivity index (χ3v) is 3.34. The van der Waals surface area contributed by atoms with Crippen molar-refractivity contribution in [3.63, 3.8) is 0 Å². The molecule has 0 fully saturated rings. The first-order chi connectivity index (χ1) is 8.69. The van der Waals surface area contributed by atoms with Gasteiger partial charge in [-0.3, -0.25) is 0 Å². The van der Waals surface area contributed by atoms with E-state index in [1.165, 1.54) is 7.11 Å². The van der Waals surface area contributed by atoms with Crippen molar-refractivity contribution in [2.75, 3.05) is 7.11 Å². The molecule has 0 saturated heterocycles. The summed E-state index contributed by atoms with van der Waals surface area (Å²) in [6.45, 7) is 2.01. The molecule has 0 unspecified atom stereocenters. The molecule has 1 aromatic carbocycles. The monoisotopic (exact) mass is 259 g/mol. The number of aryl methyl sites for hydroxylation is 1. The van der Waals surface area contributed by atoms with Crippen LogP contribution in [0, 0.1) is 6.92 Å². The number of esters is 1. The van der Waals surface area contributed by atoms with Gasteiger partial charge >= 0.3 is 5.97 Å². The van der Waals surface area contributed by atoms with E-state index in [9.17, 15) is 4.79 Å². The lowest BCUT2D eigenvalue weighted by molar-refractivity contribution is 0.0600. The SMILES string of the molecule is COC(=O)c1ccc(Sc2ccc(C)cn2)cc1. The maximum Gasteiger partial charge on any atom is 0.337 e. The second kappa shape index (κ2) is 5.69. The zero-order valence-corrected chi connectivity index (χ0v) is 11.0. The van der Waals surface area contributed by atoms with Crippen molar-refractivity contribution in [1.29, 1.82) is 0 Å². The molecule has 0 radical (unpaired) electrons. The summed E-state index contributed by atoms with van der Waals surface area (Å²) in [6, 6.07) is 11.3. The molecule has 3 nitrogen and oxygen atoms in total. The van der Waals surface area contributed by atoms with Crippen LogP contribution in [0.5, 0.6) is 0 Å². The van der Waals surface area contributed by atoms with Gasteiger partial charge in [-0.2, -0.15) is 0 Å². The van der Waals surface area contributed by atoms with Crippen molar-refractivity contribution < 1.29 is 9.53 Å². The number of carbonyl (C=O) groups is 1. The molecule has 1 heterocycles. The van der Waals surface area contributed by atoms with Crippen LogP contribution < -0.4 is 0 Å². The third kappa shape index (κ3) is 3.11. The number of nitrogens with zero attached hydrogens (tertiary/aromatic N) is 1. The molecule has 1 aromatic heterocycles. The van der Waals surface area contributed by atoms with Gasteiger partial charge in [0.1, 0.15) is 5.03 Å². The number of carbonyl (C=O) groups excluding carboxylic acids is 1. The van der Waals surface area contributed by atoms with Gasteiger partial charge in [-0.05, 0) is 42.8 Å². The molecular formula is C14H13NO2S. The quantitative estimate of drug-likeness (QED) is 0.793. The van der Waals surface area contributed by atoms with Gasteiger partial charge in [-0.1, -0.05) is 17.8 Å². The van der Waals surface area contributed by atoms with E-state index in [1.54, 1.807) is 23.9 Å². The summed E-state index contributed by atoms with van der Waals surface area (Å²) >= 11 is 1.56. The Labute approximate surface area is 110 Å². The van der Waals surface area contributed by atoms with Crippen LogP contribution in [0.3, 0.4) is 0 Å². The molecular weight excluding hydrogens is 246 g/mol. The Kier molecular flexibility index (Phi) is 3.99. The van der Waals surface area contributed by atoms with E-state index in [1.807, 2.05) is 37.4 Å². The molecule has 0 N–H and O–H groups in total. The van der Waals surface area contributed by atoms with Gasteiger partial charge in [0.15, 0.2) is 0 Å². The molecule has 0 atom stereocenters. The first-order valence-corrected chi connectivity index (χ1v) is 6.29. The minimum Gasteiger partial charge on any atom is -0.465 e. The molecule has 0 aliphatic carbocycles. The molecule has 18 heavy (non-hydrogen) atoms. The lowest BCUT2D eigenvalue weighted by Crippen LogP contribution is -2.00. The van der Waals surface area contributed by atoms with Crippen molar-refractivity contribution >= 4 is 17.7 Å². The number of hydrogen-bond acceptors (Lipinski definition) is 4. The molecule has 2 rings (SSSR count). The first kappa shape index (κ1) is 12.6. The Hall–Kier alpha value is -1.81. The number of benzene rings is 1. The van der Waals surface area contributed by atoms with E-state index in [0.717, 1.165) is 15.5 Å². The smallest absolute Gasteiger partial charge is 0.337 e.